The number of aromatic nitrogens is 2. The Balaban J connectivity index is 2.06. The largest absolute Gasteiger partial charge is 0.486 e. The highest BCUT2D eigenvalue weighted by Crippen LogP contribution is 2.36. The Bertz CT molecular complexity index is 592. The summed E-state index contributed by atoms with van der Waals surface area (Å²) < 4.78 is 13.1. The fourth-order valence-corrected chi connectivity index (χ4v) is 2.26. The Hall–Kier alpha value is -2.17. The van der Waals surface area contributed by atoms with Gasteiger partial charge in [-0.2, -0.15) is 0 Å². The number of ether oxygens (including phenoxy) is 2. The van der Waals surface area contributed by atoms with E-state index in [0.29, 0.717) is 24.7 Å². The minimum atomic E-state index is 0.567. The Morgan fingerprint density at radius 3 is 2.74 bits per heavy atom. The normalized spacial score (nSPS) is 13.5. The van der Waals surface area contributed by atoms with Gasteiger partial charge in [-0.05, 0) is 6.42 Å². The lowest BCUT2D eigenvalue weighted by Gasteiger charge is -2.20. The average molecular weight is 259 g/mol. The van der Waals surface area contributed by atoms with Crippen molar-refractivity contribution in [1.82, 2.24) is 9.55 Å². The number of anilines is 1. The first-order chi connectivity index (χ1) is 9.29. The maximum atomic E-state index is 6.12. The zero-order valence-corrected chi connectivity index (χ0v) is 10.9. The van der Waals surface area contributed by atoms with Gasteiger partial charge in [0, 0.05) is 30.9 Å². The molecular weight excluding hydrogens is 242 g/mol. The number of hydrogen-bond donors (Lipinski definition) is 1. The van der Waals surface area contributed by atoms with Crippen LogP contribution >= 0.6 is 0 Å². The van der Waals surface area contributed by atoms with Gasteiger partial charge in [-0.25, -0.2) is 4.98 Å². The van der Waals surface area contributed by atoms with E-state index in [-0.39, 0.29) is 0 Å². The first-order valence-corrected chi connectivity index (χ1v) is 6.51. The molecule has 0 saturated heterocycles. The lowest BCUT2D eigenvalue weighted by atomic mass is 10.2. The van der Waals surface area contributed by atoms with Gasteiger partial charge < -0.3 is 19.8 Å². The zero-order chi connectivity index (χ0) is 13.2. The number of benzene rings is 1. The van der Waals surface area contributed by atoms with Gasteiger partial charge in [0.15, 0.2) is 11.5 Å². The predicted molar refractivity (Wildman–Crippen MR) is 73.0 cm³/mol. The maximum Gasteiger partial charge on any atom is 0.163 e. The number of hydrogen-bond acceptors (Lipinski definition) is 4. The molecule has 0 saturated carbocycles. The van der Waals surface area contributed by atoms with Crippen molar-refractivity contribution in [2.75, 3.05) is 18.9 Å². The monoisotopic (exact) mass is 259 g/mol. The van der Waals surface area contributed by atoms with Crippen LogP contribution in [0.4, 0.5) is 5.69 Å². The van der Waals surface area contributed by atoms with Crippen LogP contribution in [0.15, 0.2) is 24.5 Å². The van der Waals surface area contributed by atoms with Gasteiger partial charge in [0.25, 0.3) is 0 Å². The van der Waals surface area contributed by atoms with Gasteiger partial charge in [0.05, 0.1) is 11.4 Å². The first-order valence-electron chi connectivity index (χ1n) is 6.51. The standard InChI is InChI=1S/C14H17N3O2/c1-2-3-14-16-4-5-17(14)11-9-13-12(8-10(11)15)18-6-7-19-13/h4-5,8-9H,2-3,6-7,15H2,1H3. The van der Waals surface area contributed by atoms with Crippen LogP contribution in [0.3, 0.4) is 0 Å². The lowest BCUT2D eigenvalue weighted by Crippen LogP contribution is -2.16. The van der Waals surface area contributed by atoms with E-state index < -0.39 is 0 Å². The van der Waals surface area contributed by atoms with Crippen LogP contribution < -0.4 is 15.2 Å². The summed E-state index contributed by atoms with van der Waals surface area (Å²) >= 11 is 0. The summed E-state index contributed by atoms with van der Waals surface area (Å²) in [5.74, 6) is 2.46. The molecule has 1 aromatic heterocycles. The van der Waals surface area contributed by atoms with Crippen molar-refractivity contribution in [3.05, 3.63) is 30.4 Å². The van der Waals surface area contributed by atoms with Crippen LogP contribution in [0.2, 0.25) is 0 Å². The van der Waals surface area contributed by atoms with Crippen molar-refractivity contribution in [3.8, 4) is 17.2 Å². The van der Waals surface area contributed by atoms with Crippen molar-refractivity contribution >= 4 is 5.69 Å². The molecule has 2 N–H and O–H groups in total. The van der Waals surface area contributed by atoms with Gasteiger partial charge in [-0.15, -0.1) is 0 Å². The predicted octanol–water partition coefficient (Wildman–Crippen LogP) is 2.18. The molecule has 5 nitrogen and oxygen atoms in total. The number of aryl methyl sites for hydroxylation is 1. The van der Waals surface area contributed by atoms with E-state index in [1.165, 1.54) is 0 Å². The molecule has 0 fully saturated rings. The molecular formula is C14H17N3O2. The number of nitrogens with zero attached hydrogens (tertiary/aromatic N) is 2. The van der Waals surface area contributed by atoms with Crippen LogP contribution in [0.5, 0.6) is 11.5 Å². The molecule has 5 heteroatoms. The molecule has 100 valence electrons. The number of imidazole rings is 1. The van der Waals surface area contributed by atoms with Crippen molar-refractivity contribution in [3.63, 3.8) is 0 Å². The van der Waals surface area contributed by atoms with E-state index in [1.54, 1.807) is 6.20 Å². The number of rotatable bonds is 3. The fraction of sp³-hybridized carbons (Fsp3) is 0.357. The van der Waals surface area contributed by atoms with Crippen molar-refractivity contribution < 1.29 is 9.47 Å². The summed E-state index contributed by atoms with van der Waals surface area (Å²) in [6.45, 7) is 3.27. The van der Waals surface area contributed by atoms with Crippen LogP contribution in [0.1, 0.15) is 19.2 Å². The quantitative estimate of drug-likeness (QED) is 0.858. The van der Waals surface area contributed by atoms with Gasteiger partial charge >= 0.3 is 0 Å². The SMILES string of the molecule is CCCc1nccn1-c1cc2c(cc1N)OCCO2. The minimum absolute atomic E-state index is 0.567. The molecule has 0 unspecified atom stereocenters. The van der Waals surface area contributed by atoms with Gasteiger partial charge in [-0.3, -0.25) is 0 Å². The summed E-state index contributed by atoms with van der Waals surface area (Å²) in [6, 6.07) is 3.74. The average Bonchev–Trinajstić information content (AvgIpc) is 2.86. The second-order valence-corrected chi connectivity index (χ2v) is 4.52. The van der Waals surface area contributed by atoms with Crippen molar-refractivity contribution in [2.24, 2.45) is 0 Å². The first kappa shape index (κ1) is 11.9. The molecule has 0 atom stereocenters. The topological polar surface area (TPSA) is 62.3 Å². The molecule has 0 radical (unpaired) electrons. The second kappa shape index (κ2) is 4.84. The fourth-order valence-electron chi connectivity index (χ4n) is 2.26. The van der Waals surface area contributed by atoms with Crippen molar-refractivity contribution in [2.45, 2.75) is 19.8 Å². The van der Waals surface area contributed by atoms with E-state index in [4.69, 9.17) is 15.2 Å². The highest BCUT2D eigenvalue weighted by atomic mass is 16.6. The molecule has 3 rings (SSSR count). The smallest absolute Gasteiger partial charge is 0.163 e. The molecule has 19 heavy (non-hydrogen) atoms. The van der Waals surface area contributed by atoms with Crippen LogP contribution in [0.25, 0.3) is 5.69 Å². The molecule has 0 aliphatic carbocycles. The third kappa shape index (κ3) is 2.12. The summed E-state index contributed by atoms with van der Waals surface area (Å²) in [7, 11) is 0. The third-order valence-electron chi connectivity index (χ3n) is 3.14. The van der Waals surface area contributed by atoms with Crippen LogP contribution in [-0.4, -0.2) is 22.8 Å². The van der Waals surface area contributed by atoms with E-state index in [0.717, 1.165) is 30.1 Å². The Morgan fingerprint density at radius 1 is 1.26 bits per heavy atom. The molecule has 2 heterocycles. The molecule has 0 spiro atoms. The van der Waals surface area contributed by atoms with Crippen LogP contribution in [-0.2, 0) is 6.42 Å². The van der Waals surface area contributed by atoms with Crippen LogP contribution in [0, 0.1) is 0 Å². The number of nitrogens with two attached hydrogens (primary N) is 1. The molecule has 2 aromatic rings. The molecule has 0 amide bonds. The zero-order valence-electron chi connectivity index (χ0n) is 10.9. The van der Waals surface area contributed by atoms with Gasteiger partial charge in [0.2, 0.25) is 0 Å². The van der Waals surface area contributed by atoms with Gasteiger partial charge in [-0.1, -0.05) is 6.92 Å². The summed E-state index contributed by atoms with van der Waals surface area (Å²) in [5, 5.41) is 0. The highest BCUT2D eigenvalue weighted by molar-refractivity contribution is 5.66. The highest BCUT2D eigenvalue weighted by Gasteiger charge is 2.16. The van der Waals surface area contributed by atoms with E-state index in [9.17, 15) is 0 Å². The summed E-state index contributed by atoms with van der Waals surface area (Å²) in [5.41, 5.74) is 7.68. The Labute approximate surface area is 112 Å². The Morgan fingerprint density at radius 2 is 2.00 bits per heavy atom. The number of nitrogen functional groups attached to an aromatic ring is 1. The third-order valence-corrected chi connectivity index (χ3v) is 3.14. The summed E-state index contributed by atoms with van der Waals surface area (Å²) in [4.78, 5) is 4.37. The second-order valence-electron chi connectivity index (χ2n) is 4.52. The maximum absolute atomic E-state index is 6.12. The molecule has 0 bridgehead atoms. The molecule has 1 aliphatic heterocycles. The van der Waals surface area contributed by atoms with Gasteiger partial charge in [0.1, 0.15) is 19.0 Å². The van der Waals surface area contributed by atoms with Crippen molar-refractivity contribution in [1.29, 1.82) is 0 Å². The molecule has 1 aliphatic rings. The van der Waals surface area contributed by atoms with E-state index in [2.05, 4.69) is 11.9 Å². The van der Waals surface area contributed by atoms with E-state index >= 15 is 0 Å². The molecule has 1 aromatic carbocycles. The minimum Gasteiger partial charge on any atom is -0.486 e. The summed E-state index contributed by atoms with van der Waals surface area (Å²) in [6.07, 6.45) is 5.68. The lowest BCUT2D eigenvalue weighted by molar-refractivity contribution is 0.171. The Kier molecular flexibility index (Phi) is 3.03. The number of fused-ring (bicyclic) bond motifs is 1. The van der Waals surface area contributed by atoms with E-state index in [1.807, 2.05) is 22.9 Å².